The van der Waals surface area contributed by atoms with Gasteiger partial charge in [0.25, 0.3) is 0 Å². The average molecular weight is 466 g/mol. The molecular formula is C28H27N5O2. The lowest BCUT2D eigenvalue weighted by atomic mass is 9.64. The van der Waals surface area contributed by atoms with E-state index < -0.39 is 11.0 Å². The van der Waals surface area contributed by atoms with Crippen LogP contribution < -0.4 is 15.4 Å². The van der Waals surface area contributed by atoms with Crippen LogP contribution in [0.25, 0.3) is 0 Å². The predicted molar refractivity (Wildman–Crippen MR) is 132 cm³/mol. The van der Waals surface area contributed by atoms with Crippen LogP contribution in [0.15, 0.2) is 53.9 Å². The van der Waals surface area contributed by atoms with Crippen molar-refractivity contribution >= 4 is 11.6 Å². The van der Waals surface area contributed by atoms with Crippen molar-refractivity contribution in [2.24, 2.45) is 5.73 Å². The highest BCUT2D eigenvalue weighted by Crippen LogP contribution is 2.63. The molecule has 176 valence electrons. The molecule has 35 heavy (non-hydrogen) atoms. The topological polar surface area (TPSA) is 108 Å². The van der Waals surface area contributed by atoms with Crippen LogP contribution in [0.1, 0.15) is 60.7 Å². The number of hydrogen-bond donors (Lipinski definition) is 2. The summed E-state index contributed by atoms with van der Waals surface area (Å²) < 4.78 is 5.74. The fourth-order valence-electron chi connectivity index (χ4n) is 6.80. The lowest BCUT2D eigenvalue weighted by molar-refractivity contribution is -0.122. The highest BCUT2D eigenvalue weighted by Gasteiger charge is 2.65. The molecule has 1 amide bonds. The molecule has 3 aliphatic heterocycles. The summed E-state index contributed by atoms with van der Waals surface area (Å²) in [5.74, 6) is -0.0299. The van der Waals surface area contributed by atoms with Gasteiger partial charge in [0.1, 0.15) is 17.1 Å². The van der Waals surface area contributed by atoms with Gasteiger partial charge in [-0.3, -0.25) is 9.89 Å². The summed E-state index contributed by atoms with van der Waals surface area (Å²) in [6.07, 6.45) is 0.719. The quantitative estimate of drug-likeness (QED) is 0.559. The maximum Gasteiger partial charge on any atom is 0.248 e. The van der Waals surface area contributed by atoms with E-state index in [1.165, 1.54) is 5.56 Å². The molecule has 2 atom stereocenters. The zero-order chi connectivity index (χ0) is 24.9. The number of nitrogens with one attached hydrogen (secondary N) is 1. The number of nitrogens with zero attached hydrogens (tertiary/aromatic N) is 3. The maximum absolute atomic E-state index is 14.7. The number of benzene rings is 2. The van der Waals surface area contributed by atoms with Crippen LogP contribution in [0.4, 0.5) is 5.69 Å². The third-order valence-corrected chi connectivity index (χ3v) is 8.03. The van der Waals surface area contributed by atoms with Crippen molar-refractivity contribution in [3.8, 4) is 11.9 Å². The van der Waals surface area contributed by atoms with Gasteiger partial charge in [0.15, 0.2) is 0 Å². The molecule has 0 bridgehead atoms. The second-order valence-corrected chi connectivity index (χ2v) is 10.8. The number of aryl methyl sites for hydroxylation is 2. The smallest absolute Gasteiger partial charge is 0.248 e. The molecule has 0 fully saturated rings. The molecule has 6 rings (SSSR count). The Bertz CT molecular complexity index is 1510. The highest BCUT2D eigenvalue weighted by atomic mass is 16.5. The molecule has 1 spiro atoms. The van der Waals surface area contributed by atoms with Gasteiger partial charge in [-0.2, -0.15) is 5.26 Å². The molecular weight excluding hydrogens is 438 g/mol. The summed E-state index contributed by atoms with van der Waals surface area (Å²) in [5, 5.41) is 17.6. The molecule has 0 saturated heterocycles. The summed E-state index contributed by atoms with van der Waals surface area (Å²) in [6.45, 7) is 10.3. The van der Waals surface area contributed by atoms with Gasteiger partial charge in [0.2, 0.25) is 17.7 Å². The SMILES string of the molecule is Cc1cc2c3c(c1)[C@@]1(C(=O)N3C(C)(C)C[C@@]2(C)c2ccccc2)C(C#N)=C(N)Oc2n[nH]c(C)c21. The monoisotopic (exact) mass is 465 g/mol. The van der Waals surface area contributed by atoms with Gasteiger partial charge in [-0.1, -0.05) is 55.0 Å². The van der Waals surface area contributed by atoms with Gasteiger partial charge in [-0.15, -0.1) is 5.10 Å². The van der Waals surface area contributed by atoms with E-state index in [2.05, 4.69) is 67.4 Å². The molecule has 0 unspecified atom stereocenters. The largest absolute Gasteiger partial charge is 0.420 e. The molecule has 3 aliphatic rings. The summed E-state index contributed by atoms with van der Waals surface area (Å²) in [5.41, 5.74) is 10.2. The van der Waals surface area contributed by atoms with E-state index >= 15 is 0 Å². The fourth-order valence-corrected chi connectivity index (χ4v) is 6.80. The minimum atomic E-state index is -1.42. The number of nitrogens with two attached hydrogens (primary N) is 1. The predicted octanol–water partition coefficient (Wildman–Crippen LogP) is 4.23. The van der Waals surface area contributed by atoms with Gasteiger partial charge >= 0.3 is 0 Å². The molecule has 7 nitrogen and oxygen atoms in total. The number of carbonyl (C=O) groups excluding carboxylic acids is 1. The Kier molecular flexibility index (Phi) is 4.01. The average Bonchev–Trinajstić information content (AvgIpc) is 3.29. The van der Waals surface area contributed by atoms with Gasteiger partial charge in [-0.25, -0.2) is 0 Å². The minimum absolute atomic E-state index is 0.0846. The van der Waals surface area contributed by atoms with Crippen molar-refractivity contribution in [1.82, 2.24) is 10.2 Å². The number of anilines is 1. The summed E-state index contributed by atoms with van der Waals surface area (Å²) in [7, 11) is 0. The van der Waals surface area contributed by atoms with Crippen molar-refractivity contribution < 1.29 is 9.53 Å². The Morgan fingerprint density at radius 2 is 1.83 bits per heavy atom. The van der Waals surface area contributed by atoms with E-state index in [1.807, 2.05) is 30.9 Å². The first kappa shape index (κ1) is 21.5. The zero-order valence-electron chi connectivity index (χ0n) is 20.5. The summed E-state index contributed by atoms with van der Waals surface area (Å²) >= 11 is 0. The Morgan fingerprint density at radius 3 is 2.51 bits per heavy atom. The number of H-pyrrole nitrogens is 1. The van der Waals surface area contributed by atoms with Gasteiger partial charge in [0, 0.05) is 22.2 Å². The van der Waals surface area contributed by atoms with E-state index in [4.69, 9.17) is 10.5 Å². The van der Waals surface area contributed by atoms with Crippen LogP contribution in [0.5, 0.6) is 5.88 Å². The third kappa shape index (κ3) is 2.39. The fraction of sp³-hybridized carbons (Fsp3) is 0.321. The Labute approximate surface area is 204 Å². The second-order valence-electron chi connectivity index (χ2n) is 10.8. The van der Waals surface area contributed by atoms with Crippen molar-refractivity contribution in [2.45, 2.75) is 57.4 Å². The molecule has 7 heteroatoms. The van der Waals surface area contributed by atoms with Crippen LogP contribution in [0.2, 0.25) is 0 Å². The molecule has 0 saturated carbocycles. The number of aromatic amines is 1. The molecule has 1 aromatic heterocycles. The maximum atomic E-state index is 14.7. The van der Waals surface area contributed by atoms with Crippen molar-refractivity contribution in [1.29, 1.82) is 5.26 Å². The molecule has 0 radical (unpaired) electrons. The Hall–Kier alpha value is -4.05. The first-order valence-corrected chi connectivity index (χ1v) is 11.8. The van der Waals surface area contributed by atoms with Crippen molar-refractivity contribution in [3.63, 3.8) is 0 Å². The number of ether oxygens (including phenoxy) is 1. The van der Waals surface area contributed by atoms with Gasteiger partial charge < -0.3 is 15.4 Å². The van der Waals surface area contributed by atoms with Crippen molar-refractivity contribution in [3.05, 3.63) is 87.4 Å². The van der Waals surface area contributed by atoms with E-state index in [1.54, 1.807) is 0 Å². The van der Waals surface area contributed by atoms with Crippen LogP contribution in [-0.2, 0) is 15.6 Å². The van der Waals surface area contributed by atoms with E-state index in [0.29, 0.717) is 11.3 Å². The molecule has 4 heterocycles. The number of nitriles is 1. The lowest BCUT2D eigenvalue weighted by Gasteiger charge is -2.50. The van der Waals surface area contributed by atoms with E-state index in [9.17, 15) is 10.1 Å². The van der Waals surface area contributed by atoms with Crippen LogP contribution in [-0.4, -0.2) is 21.6 Å². The highest BCUT2D eigenvalue weighted by molar-refractivity contribution is 6.16. The van der Waals surface area contributed by atoms with Gasteiger partial charge in [-0.05, 0) is 45.2 Å². The molecule has 2 aromatic carbocycles. The van der Waals surface area contributed by atoms with Crippen LogP contribution in [0.3, 0.4) is 0 Å². The zero-order valence-corrected chi connectivity index (χ0v) is 20.5. The normalized spacial score (nSPS) is 25.8. The Balaban J connectivity index is 1.79. The standard InChI is InChI=1S/C28H27N5O2/c1-15-11-18-22-19(12-15)28(20(13-29)23(30)35-24-21(28)16(2)31-32-24)25(34)33(22)26(3,4)14-27(18,5)17-9-7-6-8-10-17/h6-12H,14,30H2,1-5H3,(H,31,32)/t27-,28+/m0/s1. The van der Waals surface area contributed by atoms with E-state index in [0.717, 1.165) is 28.8 Å². The first-order valence-electron chi connectivity index (χ1n) is 11.8. The summed E-state index contributed by atoms with van der Waals surface area (Å²) in [4.78, 5) is 16.6. The summed E-state index contributed by atoms with van der Waals surface area (Å²) in [6, 6.07) is 16.9. The number of aromatic nitrogens is 2. The minimum Gasteiger partial charge on any atom is -0.420 e. The van der Waals surface area contributed by atoms with E-state index in [-0.39, 0.29) is 28.7 Å². The number of rotatable bonds is 1. The van der Waals surface area contributed by atoms with Crippen LogP contribution >= 0.6 is 0 Å². The number of carbonyl (C=O) groups is 1. The first-order chi connectivity index (χ1) is 16.6. The number of amides is 1. The Morgan fingerprint density at radius 1 is 1.14 bits per heavy atom. The lowest BCUT2D eigenvalue weighted by Crippen LogP contribution is -2.57. The number of fused-ring (bicyclic) bond motifs is 3. The molecule has 3 N–H and O–H groups in total. The molecule has 0 aliphatic carbocycles. The third-order valence-electron chi connectivity index (χ3n) is 8.03. The molecule has 3 aromatic rings. The number of hydrogen-bond acceptors (Lipinski definition) is 5. The van der Waals surface area contributed by atoms with Gasteiger partial charge in [0.05, 0.1) is 11.3 Å². The van der Waals surface area contributed by atoms with Crippen molar-refractivity contribution in [2.75, 3.05) is 4.90 Å². The van der Waals surface area contributed by atoms with Crippen LogP contribution in [0, 0.1) is 25.2 Å². The second kappa shape index (κ2) is 6.54.